The fourth-order valence-corrected chi connectivity index (χ4v) is 2.62. The average Bonchev–Trinajstić information content (AvgIpc) is 3.01. The summed E-state index contributed by atoms with van der Waals surface area (Å²) in [6, 6.07) is 10.2. The molecule has 2 heteroatoms. The van der Waals surface area contributed by atoms with Crippen LogP contribution in [0.3, 0.4) is 0 Å². The van der Waals surface area contributed by atoms with E-state index in [1.807, 2.05) is 44.2 Å². The van der Waals surface area contributed by atoms with E-state index in [0.29, 0.717) is 0 Å². The molecule has 1 aliphatic heterocycles. The molecule has 1 saturated heterocycles. The first-order chi connectivity index (χ1) is 8.71. The molecule has 1 heterocycles. The van der Waals surface area contributed by atoms with Gasteiger partial charge < -0.3 is 5.11 Å². The number of nitrogens with zero attached hydrogens (tertiary/aromatic N) is 1. The standard InChI is InChI=1S/C17H23NO/c1-16(2,3)18-14(15(18)17(4,5)19)12-11-13-9-7-6-8-10-13/h6-10,14-15,19H,1-5H3/t14-,15-,18?/m0/s1. The minimum atomic E-state index is -0.719. The Hall–Kier alpha value is -1.30. The Morgan fingerprint density at radius 1 is 1.05 bits per heavy atom. The van der Waals surface area contributed by atoms with Crippen LogP contribution in [0.5, 0.6) is 0 Å². The van der Waals surface area contributed by atoms with Crippen molar-refractivity contribution in [2.45, 2.75) is 57.8 Å². The molecule has 1 aromatic carbocycles. The molecule has 2 nitrogen and oxygen atoms in total. The van der Waals surface area contributed by atoms with Gasteiger partial charge in [-0.15, -0.1) is 0 Å². The molecule has 0 aromatic heterocycles. The van der Waals surface area contributed by atoms with Crippen molar-refractivity contribution in [3.05, 3.63) is 35.9 Å². The van der Waals surface area contributed by atoms with Crippen LogP contribution in [0.25, 0.3) is 0 Å². The molecule has 3 atom stereocenters. The maximum absolute atomic E-state index is 10.2. The van der Waals surface area contributed by atoms with Crippen LogP contribution in [0.2, 0.25) is 0 Å². The first-order valence-electron chi connectivity index (χ1n) is 6.78. The van der Waals surface area contributed by atoms with Crippen LogP contribution in [0.15, 0.2) is 30.3 Å². The van der Waals surface area contributed by atoms with E-state index in [4.69, 9.17) is 0 Å². The zero-order valence-electron chi connectivity index (χ0n) is 12.4. The molecule has 0 bridgehead atoms. The van der Waals surface area contributed by atoms with Gasteiger partial charge in [0.1, 0.15) is 0 Å². The summed E-state index contributed by atoms with van der Waals surface area (Å²) < 4.78 is 0. The molecule has 1 unspecified atom stereocenters. The van der Waals surface area contributed by atoms with Crippen LogP contribution in [-0.2, 0) is 0 Å². The van der Waals surface area contributed by atoms with Crippen molar-refractivity contribution >= 4 is 0 Å². The minimum absolute atomic E-state index is 0.0285. The van der Waals surface area contributed by atoms with Gasteiger partial charge in [-0.05, 0) is 46.8 Å². The Morgan fingerprint density at radius 2 is 1.63 bits per heavy atom. The fraction of sp³-hybridized carbons (Fsp3) is 0.529. The molecule has 1 aliphatic rings. The van der Waals surface area contributed by atoms with E-state index < -0.39 is 5.60 Å². The third kappa shape index (κ3) is 3.18. The van der Waals surface area contributed by atoms with Crippen LogP contribution in [0, 0.1) is 11.8 Å². The van der Waals surface area contributed by atoms with Crippen molar-refractivity contribution in [2.75, 3.05) is 0 Å². The molecular formula is C17H23NO. The molecule has 1 aromatic rings. The lowest BCUT2D eigenvalue weighted by molar-refractivity contribution is 0.0532. The Bertz CT molecular complexity index is 476. The smallest absolute Gasteiger partial charge is 0.0912 e. The Kier molecular flexibility index (Phi) is 3.47. The predicted molar refractivity (Wildman–Crippen MR) is 78.8 cm³/mol. The van der Waals surface area contributed by atoms with Crippen molar-refractivity contribution in [1.82, 2.24) is 4.90 Å². The van der Waals surface area contributed by atoms with E-state index in [-0.39, 0.29) is 17.6 Å². The van der Waals surface area contributed by atoms with Crippen LogP contribution >= 0.6 is 0 Å². The lowest BCUT2D eigenvalue weighted by Crippen LogP contribution is -2.36. The summed E-state index contributed by atoms with van der Waals surface area (Å²) >= 11 is 0. The number of hydrogen-bond acceptors (Lipinski definition) is 2. The molecule has 19 heavy (non-hydrogen) atoms. The monoisotopic (exact) mass is 257 g/mol. The van der Waals surface area contributed by atoms with Crippen LogP contribution in [0.4, 0.5) is 0 Å². The normalized spacial score (nSPS) is 26.5. The van der Waals surface area contributed by atoms with Crippen LogP contribution in [0.1, 0.15) is 40.2 Å². The SMILES string of the molecule is CC(C)(O)[C@@H]1[C@H](C#Cc2ccccc2)N1C(C)(C)C. The number of aliphatic hydroxyl groups is 1. The Morgan fingerprint density at radius 3 is 2.05 bits per heavy atom. The van der Waals surface area contributed by atoms with Crippen molar-refractivity contribution < 1.29 is 5.11 Å². The van der Waals surface area contributed by atoms with Gasteiger partial charge in [0.2, 0.25) is 0 Å². The third-order valence-electron chi connectivity index (χ3n) is 3.45. The molecule has 2 rings (SSSR count). The predicted octanol–water partition coefficient (Wildman–Crippen LogP) is 2.66. The highest BCUT2D eigenvalue weighted by Gasteiger charge is 2.58. The lowest BCUT2D eigenvalue weighted by atomic mass is 10.0. The molecular weight excluding hydrogens is 234 g/mol. The Labute approximate surface area is 116 Å². The first kappa shape index (κ1) is 14.1. The fourth-order valence-electron chi connectivity index (χ4n) is 2.62. The molecule has 0 amide bonds. The van der Waals surface area contributed by atoms with Crippen molar-refractivity contribution in [3.63, 3.8) is 0 Å². The second-order valence-corrected chi connectivity index (χ2v) is 6.76. The summed E-state index contributed by atoms with van der Waals surface area (Å²) in [6.07, 6.45) is 0. The summed E-state index contributed by atoms with van der Waals surface area (Å²) in [7, 11) is 0. The third-order valence-corrected chi connectivity index (χ3v) is 3.45. The summed E-state index contributed by atoms with van der Waals surface area (Å²) in [4.78, 5) is 2.28. The average molecular weight is 257 g/mol. The van der Waals surface area contributed by atoms with Crippen LogP contribution in [-0.4, -0.2) is 33.2 Å². The topological polar surface area (TPSA) is 23.2 Å². The van der Waals surface area contributed by atoms with E-state index in [0.717, 1.165) is 5.56 Å². The van der Waals surface area contributed by atoms with Gasteiger partial charge in [-0.3, -0.25) is 4.90 Å². The molecule has 0 radical (unpaired) electrons. The minimum Gasteiger partial charge on any atom is -0.389 e. The summed E-state index contributed by atoms with van der Waals surface area (Å²) in [6.45, 7) is 10.2. The van der Waals surface area contributed by atoms with Crippen molar-refractivity contribution in [1.29, 1.82) is 0 Å². The molecule has 102 valence electrons. The summed E-state index contributed by atoms with van der Waals surface area (Å²) in [5.74, 6) is 6.51. The quantitative estimate of drug-likeness (QED) is 0.617. The molecule has 1 N–H and O–H groups in total. The number of hydrogen-bond donors (Lipinski definition) is 1. The highest BCUT2D eigenvalue weighted by atomic mass is 16.3. The van der Waals surface area contributed by atoms with Gasteiger partial charge in [-0.2, -0.15) is 0 Å². The maximum atomic E-state index is 10.2. The van der Waals surface area contributed by atoms with Gasteiger partial charge in [-0.1, -0.05) is 30.0 Å². The zero-order valence-corrected chi connectivity index (χ0v) is 12.4. The van der Waals surface area contributed by atoms with Gasteiger partial charge in [0.25, 0.3) is 0 Å². The van der Waals surface area contributed by atoms with Gasteiger partial charge in [-0.25, -0.2) is 0 Å². The van der Waals surface area contributed by atoms with Gasteiger partial charge in [0.05, 0.1) is 17.7 Å². The maximum Gasteiger partial charge on any atom is 0.0912 e. The van der Waals surface area contributed by atoms with Gasteiger partial charge in [0.15, 0.2) is 0 Å². The number of rotatable bonds is 1. The van der Waals surface area contributed by atoms with E-state index in [1.165, 1.54) is 0 Å². The molecule has 0 saturated carbocycles. The lowest BCUT2D eigenvalue weighted by Gasteiger charge is -2.25. The largest absolute Gasteiger partial charge is 0.389 e. The van der Waals surface area contributed by atoms with Crippen molar-refractivity contribution in [3.8, 4) is 11.8 Å². The highest BCUT2D eigenvalue weighted by Crippen LogP contribution is 2.42. The molecule has 0 aliphatic carbocycles. The molecule has 0 spiro atoms. The Balaban J connectivity index is 2.19. The first-order valence-corrected chi connectivity index (χ1v) is 6.78. The summed E-state index contributed by atoms with van der Waals surface area (Å²) in [5, 5.41) is 10.2. The second kappa shape index (κ2) is 4.67. The van der Waals surface area contributed by atoms with Crippen LogP contribution < -0.4 is 0 Å². The van der Waals surface area contributed by atoms with E-state index in [2.05, 4.69) is 37.5 Å². The second-order valence-electron chi connectivity index (χ2n) is 6.76. The zero-order chi connectivity index (χ0) is 14.3. The van der Waals surface area contributed by atoms with E-state index >= 15 is 0 Å². The summed E-state index contributed by atoms with van der Waals surface area (Å²) in [5.41, 5.74) is 0.335. The van der Waals surface area contributed by atoms with E-state index in [9.17, 15) is 5.11 Å². The van der Waals surface area contributed by atoms with Gasteiger partial charge >= 0.3 is 0 Å². The van der Waals surface area contributed by atoms with Crippen molar-refractivity contribution in [2.24, 2.45) is 0 Å². The van der Waals surface area contributed by atoms with E-state index in [1.54, 1.807) is 0 Å². The number of benzene rings is 1. The highest BCUT2D eigenvalue weighted by molar-refractivity contribution is 5.38. The molecule has 1 fully saturated rings. The van der Waals surface area contributed by atoms with Gasteiger partial charge in [0, 0.05) is 11.1 Å².